The number of carbonyl (C=O) groups is 1. The molecule has 0 aliphatic carbocycles. The number of rotatable bonds is 7. The molecule has 0 amide bonds. The number of hydrogen-bond acceptors (Lipinski definition) is 3. The van der Waals surface area contributed by atoms with Gasteiger partial charge in [0.25, 0.3) is 0 Å². The van der Waals surface area contributed by atoms with Gasteiger partial charge in [0, 0.05) is 25.0 Å². The Morgan fingerprint density at radius 3 is 2.60 bits per heavy atom. The minimum absolute atomic E-state index is 0.195. The van der Waals surface area contributed by atoms with E-state index in [1.54, 1.807) is 6.92 Å². The van der Waals surface area contributed by atoms with E-state index in [2.05, 4.69) is 12.1 Å². The zero-order valence-corrected chi connectivity index (χ0v) is 14.2. The first kappa shape index (κ1) is 17.2. The van der Waals surface area contributed by atoms with Gasteiger partial charge in [0.15, 0.2) is 6.10 Å². The molecule has 4 nitrogen and oxygen atoms in total. The van der Waals surface area contributed by atoms with E-state index in [9.17, 15) is 9.90 Å². The summed E-state index contributed by atoms with van der Waals surface area (Å²) in [5, 5.41) is 9.41. The van der Waals surface area contributed by atoms with Crippen molar-refractivity contribution < 1.29 is 19.4 Å². The zero-order chi connectivity index (χ0) is 17.6. The topological polar surface area (TPSA) is 55.8 Å². The molecular weight excluding hydrogens is 316 g/mol. The van der Waals surface area contributed by atoms with Crippen LogP contribution in [0.3, 0.4) is 0 Å². The summed E-state index contributed by atoms with van der Waals surface area (Å²) in [7, 11) is 0. The molecule has 1 heterocycles. The van der Waals surface area contributed by atoms with Crippen molar-refractivity contribution in [2.24, 2.45) is 0 Å². The van der Waals surface area contributed by atoms with Crippen LogP contribution < -0.4 is 4.74 Å². The first-order valence-electron chi connectivity index (χ1n) is 8.52. The lowest BCUT2D eigenvalue weighted by molar-refractivity contribution is -0.150. The van der Waals surface area contributed by atoms with E-state index in [4.69, 9.17) is 9.47 Å². The average molecular weight is 338 g/mol. The SMILES string of the molecule is CCOC(CC1=Cc2ccccc2O[C@@H]1Cc1ccccc1)C(=O)O. The first-order chi connectivity index (χ1) is 12.2. The highest BCUT2D eigenvalue weighted by atomic mass is 16.5. The molecule has 1 N–H and O–H groups in total. The molecule has 2 aromatic rings. The fourth-order valence-electron chi connectivity index (χ4n) is 3.05. The van der Waals surface area contributed by atoms with Crippen LogP contribution in [0.4, 0.5) is 0 Å². The van der Waals surface area contributed by atoms with E-state index >= 15 is 0 Å². The molecule has 4 heteroatoms. The molecule has 0 saturated carbocycles. The lowest BCUT2D eigenvalue weighted by atomic mass is 9.92. The van der Waals surface area contributed by atoms with Crippen LogP contribution in [0.5, 0.6) is 5.75 Å². The Balaban J connectivity index is 1.88. The van der Waals surface area contributed by atoms with Crippen LogP contribution in [0, 0.1) is 0 Å². The molecule has 0 spiro atoms. The highest BCUT2D eigenvalue weighted by molar-refractivity contribution is 5.74. The molecule has 0 bridgehead atoms. The molecule has 0 radical (unpaired) electrons. The summed E-state index contributed by atoms with van der Waals surface area (Å²) in [6, 6.07) is 17.9. The summed E-state index contributed by atoms with van der Waals surface area (Å²) in [5.41, 5.74) is 3.08. The summed E-state index contributed by atoms with van der Waals surface area (Å²) in [6.45, 7) is 2.17. The maximum Gasteiger partial charge on any atom is 0.333 e. The first-order valence-corrected chi connectivity index (χ1v) is 8.52. The van der Waals surface area contributed by atoms with Gasteiger partial charge in [-0.3, -0.25) is 0 Å². The molecule has 1 aliphatic rings. The molecule has 0 aromatic heterocycles. The van der Waals surface area contributed by atoms with Crippen molar-refractivity contribution in [3.8, 4) is 5.75 Å². The fourth-order valence-corrected chi connectivity index (χ4v) is 3.05. The van der Waals surface area contributed by atoms with E-state index in [0.717, 1.165) is 22.4 Å². The molecule has 0 saturated heterocycles. The van der Waals surface area contributed by atoms with Crippen molar-refractivity contribution in [2.45, 2.75) is 32.0 Å². The smallest absolute Gasteiger partial charge is 0.333 e. The van der Waals surface area contributed by atoms with Crippen LogP contribution >= 0.6 is 0 Å². The lowest BCUT2D eigenvalue weighted by Crippen LogP contribution is -2.31. The Labute approximate surface area is 147 Å². The Morgan fingerprint density at radius 2 is 1.88 bits per heavy atom. The maximum absolute atomic E-state index is 11.5. The highest BCUT2D eigenvalue weighted by Gasteiger charge is 2.28. The third-order valence-electron chi connectivity index (χ3n) is 4.27. The number of carboxylic acid groups (broad SMARTS) is 1. The molecule has 1 aliphatic heterocycles. The second kappa shape index (κ2) is 7.99. The van der Waals surface area contributed by atoms with Gasteiger partial charge in [-0.15, -0.1) is 0 Å². The van der Waals surface area contributed by atoms with Crippen molar-refractivity contribution in [3.63, 3.8) is 0 Å². The molecule has 1 unspecified atom stereocenters. The molecule has 25 heavy (non-hydrogen) atoms. The third-order valence-corrected chi connectivity index (χ3v) is 4.27. The Hall–Kier alpha value is -2.59. The van der Waals surface area contributed by atoms with Gasteiger partial charge in [-0.05, 0) is 30.2 Å². The Morgan fingerprint density at radius 1 is 1.16 bits per heavy atom. The van der Waals surface area contributed by atoms with E-state index in [-0.39, 0.29) is 6.10 Å². The van der Waals surface area contributed by atoms with Gasteiger partial charge in [-0.25, -0.2) is 4.79 Å². The van der Waals surface area contributed by atoms with Crippen molar-refractivity contribution >= 4 is 12.0 Å². The number of carboxylic acids is 1. The fraction of sp³-hybridized carbons (Fsp3) is 0.286. The Kier molecular flexibility index (Phi) is 5.51. The predicted octanol–water partition coefficient (Wildman–Crippen LogP) is 3.95. The zero-order valence-electron chi connectivity index (χ0n) is 14.2. The van der Waals surface area contributed by atoms with Crippen LogP contribution in [0.2, 0.25) is 0 Å². The predicted molar refractivity (Wildman–Crippen MR) is 96.6 cm³/mol. The van der Waals surface area contributed by atoms with Crippen LogP contribution in [0.25, 0.3) is 6.08 Å². The summed E-state index contributed by atoms with van der Waals surface area (Å²) in [4.78, 5) is 11.5. The van der Waals surface area contributed by atoms with Gasteiger partial charge in [0.05, 0.1) is 0 Å². The van der Waals surface area contributed by atoms with Crippen LogP contribution in [0.15, 0.2) is 60.2 Å². The second-order valence-electron chi connectivity index (χ2n) is 6.04. The van der Waals surface area contributed by atoms with Crippen molar-refractivity contribution in [1.82, 2.24) is 0 Å². The second-order valence-corrected chi connectivity index (χ2v) is 6.04. The van der Waals surface area contributed by atoms with Crippen LogP contribution in [-0.2, 0) is 16.0 Å². The molecule has 2 atom stereocenters. The number of hydrogen-bond donors (Lipinski definition) is 1. The monoisotopic (exact) mass is 338 g/mol. The maximum atomic E-state index is 11.5. The summed E-state index contributed by atoms with van der Waals surface area (Å²) < 4.78 is 11.6. The average Bonchev–Trinajstić information content (AvgIpc) is 2.62. The molecule has 0 fully saturated rings. The van der Waals surface area contributed by atoms with E-state index in [1.165, 1.54) is 0 Å². The quantitative estimate of drug-likeness (QED) is 0.830. The van der Waals surface area contributed by atoms with Gasteiger partial charge in [0.1, 0.15) is 11.9 Å². The molecule has 130 valence electrons. The van der Waals surface area contributed by atoms with Gasteiger partial charge in [-0.1, -0.05) is 48.5 Å². The normalized spacial score (nSPS) is 17.2. The van der Waals surface area contributed by atoms with Gasteiger partial charge in [0.2, 0.25) is 0 Å². The molecular formula is C21H22O4. The summed E-state index contributed by atoms with van der Waals surface area (Å²) >= 11 is 0. The molecule has 3 rings (SSSR count). The number of benzene rings is 2. The number of aliphatic carboxylic acids is 1. The minimum Gasteiger partial charge on any atom is -0.485 e. The standard InChI is InChI=1S/C21H22O4/c1-2-24-20(21(22)23)14-17-13-16-10-6-7-11-18(16)25-19(17)12-15-8-4-3-5-9-15/h3-11,13,19-20H,2,12,14H2,1H3,(H,22,23)/t19-,20?/m1/s1. The third kappa shape index (κ3) is 4.28. The largest absolute Gasteiger partial charge is 0.485 e. The van der Waals surface area contributed by atoms with Crippen molar-refractivity contribution in [1.29, 1.82) is 0 Å². The number of ether oxygens (including phenoxy) is 2. The van der Waals surface area contributed by atoms with Gasteiger partial charge < -0.3 is 14.6 Å². The summed E-state index contributed by atoms with van der Waals surface area (Å²) in [6.07, 6.45) is 2.00. The van der Waals surface area contributed by atoms with Crippen molar-refractivity contribution in [2.75, 3.05) is 6.61 Å². The Bertz CT molecular complexity index is 752. The van der Waals surface area contributed by atoms with E-state index in [1.807, 2.05) is 48.5 Å². The van der Waals surface area contributed by atoms with E-state index < -0.39 is 12.1 Å². The summed E-state index contributed by atoms with van der Waals surface area (Å²) in [5.74, 6) is -0.115. The molecule has 2 aromatic carbocycles. The highest BCUT2D eigenvalue weighted by Crippen LogP contribution is 2.33. The van der Waals surface area contributed by atoms with Crippen LogP contribution in [-0.4, -0.2) is 29.9 Å². The van der Waals surface area contributed by atoms with Crippen LogP contribution in [0.1, 0.15) is 24.5 Å². The lowest BCUT2D eigenvalue weighted by Gasteiger charge is -2.29. The number of fused-ring (bicyclic) bond motifs is 1. The van der Waals surface area contributed by atoms with Gasteiger partial charge in [-0.2, -0.15) is 0 Å². The van der Waals surface area contributed by atoms with Crippen molar-refractivity contribution in [3.05, 3.63) is 71.3 Å². The minimum atomic E-state index is -0.944. The van der Waals surface area contributed by atoms with Gasteiger partial charge >= 0.3 is 5.97 Å². The van der Waals surface area contributed by atoms with E-state index in [0.29, 0.717) is 19.4 Å². The number of para-hydroxylation sites is 1.